The lowest BCUT2D eigenvalue weighted by molar-refractivity contribution is 0.561. The summed E-state index contributed by atoms with van der Waals surface area (Å²) in [7, 11) is 0. The minimum absolute atomic E-state index is 0.0604. The Hall–Kier alpha value is -3.08. The number of halogens is 2. The molecule has 4 rings (SSSR count). The van der Waals surface area contributed by atoms with Crippen LogP contribution in [0.3, 0.4) is 0 Å². The van der Waals surface area contributed by atoms with Gasteiger partial charge in [0.1, 0.15) is 17.3 Å². The highest BCUT2D eigenvalue weighted by Crippen LogP contribution is 2.26. The van der Waals surface area contributed by atoms with E-state index in [0.29, 0.717) is 5.65 Å². The highest BCUT2D eigenvalue weighted by atomic mass is 19.1. The Bertz CT molecular complexity index is 989. The summed E-state index contributed by atoms with van der Waals surface area (Å²) >= 11 is 0. The van der Waals surface area contributed by atoms with E-state index in [1.165, 1.54) is 18.2 Å². The number of pyridine rings is 2. The number of aromatic nitrogens is 3. The van der Waals surface area contributed by atoms with Gasteiger partial charge in [0, 0.05) is 53.3 Å². The molecule has 0 unspecified atom stereocenters. The third-order valence-electron chi connectivity index (χ3n) is 4.04. The van der Waals surface area contributed by atoms with Crippen LogP contribution in [0.25, 0.3) is 22.2 Å². The van der Waals surface area contributed by atoms with Crippen LogP contribution in [-0.4, -0.2) is 15.0 Å². The average molecular weight is 321 g/mol. The zero-order chi connectivity index (χ0) is 16.5. The molecule has 1 aromatic carbocycles. The van der Waals surface area contributed by atoms with Gasteiger partial charge in [0.25, 0.3) is 0 Å². The van der Waals surface area contributed by atoms with E-state index >= 15 is 0 Å². The van der Waals surface area contributed by atoms with Gasteiger partial charge < -0.3 is 4.98 Å². The SMILES string of the molecule is Fc1cccc(F)c1Cc1c[nH]c2ncc(-c3cccnc3)cc12. The van der Waals surface area contributed by atoms with E-state index in [4.69, 9.17) is 0 Å². The molecule has 0 fully saturated rings. The number of rotatable bonds is 3. The molecule has 0 spiro atoms. The fraction of sp³-hybridized carbons (Fsp3) is 0.0526. The molecule has 3 heterocycles. The molecule has 24 heavy (non-hydrogen) atoms. The number of hydrogen-bond donors (Lipinski definition) is 1. The number of nitrogens with zero attached hydrogens (tertiary/aromatic N) is 2. The van der Waals surface area contributed by atoms with Crippen LogP contribution in [0, 0.1) is 11.6 Å². The monoisotopic (exact) mass is 321 g/mol. The summed E-state index contributed by atoms with van der Waals surface area (Å²) in [6, 6.07) is 9.67. The van der Waals surface area contributed by atoms with Crippen LogP contribution in [0.5, 0.6) is 0 Å². The average Bonchev–Trinajstić information content (AvgIpc) is 3.01. The van der Waals surface area contributed by atoms with Gasteiger partial charge in [0.2, 0.25) is 0 Å². The van der Waals surface area contributed by atoms with Crippen molar-refractivity contribution in [3.8, 4) is 11.1 Å². The van der Waals surface area contributed by atoms with Gasteiger partial charge in [0.05, 0.1) is 0 Å². The van der Waals surface area contributed by atoms with Crippen LogP contribution in [-0.2, 0) is 6.42 Å². The Labute approximate surface area is 137 Å². The summed E-state index contributed by atoms with van der Waals surface area (Å²) < 4.78 is 27.8. The maximum atomic E-state index is 13.9. The number of H-pyrrole nitrogens is 1. The molecule has 0 aliphatic carbocycles. The van der Waals surface area contributed by atoms with Crippen LogP contribution in [0.2, 0.25) is 0 Å². The molecule has 3 aromatic heterocycles. The summed E-state index contributed by atoms with van der Waals surface area (Å²) in [6.07, 6.45) is 7.13. The lowest BCUT2D eigenvalue weighted by atomic mass is 10.0. The first-order valence-electron chi connectivity index (χ1n) is 7.51. The summed E-state index contributed by atoms with van der Waals surface area (Å²) in [5, 5.41) is 0.846. The van der Waals surface area contributed by atoms with E-state index in [1.54, 1.807) is 24.8 Å². The Morgan fingerprint density at radius 1 is 0.958 bits per heavy atom. The molecule has 0 radical (unpaired) electrons. The molecule has 0 atom stereocenters. The van der Waals surface area contributed by atoms with E-state index in [9.17, 15) is 8.78 Å². The predicted octanol–water partition coefficient (Wildman–Crippen LogP) is 4.49. The van der Waals surface area contributed by atoms with Crippen LogP contribution >= 0.6 is 0 Å². The molecule has 0 saturated carbocycles. The van der Waals surface area contributed by atoms with Crippen molar-refractivity contribution in [3.05, 3.63) is 83.9 Å². The summed E-state index contributed by atoms with van der Waals surface area (Å²) in [5.41, 5.74) is 3.40. The fourth-order valence-corrected chi connectivity index (χ4v) is 2.79. The van der Waals surface area contributed by atoms with Crippen LogP contribution in [0.4, 0.5) is 8.78 Å². The van der Waals surface area contributed by atoms with Crippen molar-refractivity contribution in [1.82, 2.24) is 15.0 Å². The molecular weight excluding hydrogens is 308 g/mol. The quantitative estimate of drug-likeness (QED) is 0.604. The Balaban J connectivity index is 1.79. The second-order valence-electron chi connectivity index (χ2n) is 5.55. The minimum Gasteiger partial charge on any atom is -0.346 e. The van der Waals surface area contributed by atoms with Crippen molar-refractivity contribution in [2.75, 3.05) is 0 Å². The molecule has 0 bridgehead atoms. The van der Waals surface area contributed by atoms with Gasteiger partial charge in [-0.1, -0.05) is 12.1 Å². The van der Waals surface area contributed by atoms with E-state index in [0.717, 1.165) is 22.1 Å². The first-order valence-corrected chi connectivity index (χ1v) is 7.51. The van der Waals surface area contributed by atoms with Crippen molar-refractivity contribution in [1.29, 1.82) is 0 Å². The van der Waals surface area contributed by atoms with Gasteiger partial charge in [-0.15, -0.1) is 0 Å². The molecule has 0 amide bonds. The van der Waals surface area contributed by atoms with E-state index in [-0.39, 0.29) is 12.0 Å². The third-order valence-corrected chi connectivity index (χ3v) is 4.04. The zero-order valence-corrected chi connectivity index (χ0v) is 12.6. The number of fused-ring (bicyclic) bond motifs is 1. The number of nitrogens with one attached hydrogen (secondary N) is 1. The van der Waals surface area contributed by atoms with Gasteiger partial charge in [-0.2, -0.15) is 0 Å². The second kappa shape index (κ2) is 5.85. The van der Waals surface area contributed by atoms with E-state index in [1.807, 2.05) is 18.2 Å². The zero-order valence-electron chi connectivity index (χ0n) is 12.6. The molecule has 0 saturated heterocycles. The molecule has 0 aliphatic rings. The van der Waals surface area contributed by atoms with E-state index < -0.39 is 11.6 Å². The van der Waals surface area contributed by atoms with Crippen molar-refractivity contribution in [3.63, 3.8) is 0 Å². The third kappa shape index (κ3) is 2.54. The molecule has 118 valence electrons. The van der Waals surface area contributed by atoms with Gasteiger partial charge in [-0.05, 0) is 29.8 Å². The Kier molecular flexibility index (Phi) is 3.54. The van der Waals surface area contributed by atoms with Crippen LogP contribution in [0.1, 0.15) is 11.1 Å². The first kappa shape index (κ1) is 14.5. The minimum atomic E-state index is -0.541. The maximum Gasteiger partial charge on any atom is 0.137 e. The Morgan fingerprint density at radius 3 is 2.54 bits per heavy atom. The molecule has 0 aliphatic heterocycles. The molecule has 3 nitrogen and oxygen atoms in total. The topological polar surface area (TPSA) is 41.6 Å². The number of aromatic amines is 1. The van der Waals surface area contributed by atoms with Crippen molar-refractivity contribution >= 4 is 11.0 Å². The lowest BCUT2D eigenvalue weighted by Gasteiger charge is -2.05. The van der Waals surface area contributed by atoms with Crippen molar-refractivity contribution in [2.45, 2.75) is 6.42 Å². The highest BCUT2D eigenvalue weighted by Gasteiger charge is 2.13. The van der Waals surface area contributed by atoms with Crippen LogP contribution in [0.15, 0.2) is 61.2 Å². The fourth-order valence-electron chi connectivity index (χ4n) is 2.79. The second-order valence-corrected chi connectivity index (χ2v) is 5.55. The van der Waals surface area contributed by atoms with Gasteiger partial charge >= 0.3 is 0 Å². The predicted molar refractivity (Wildman–Crippen MR) is 88.5 cm³/mol. The van der Waals surface area contributed by atoms with Gasteiger partial charge in [-0.25, -0.2) is 13.8 Å². The lowest BCUT2D eigenvalue weighted by Crippen LogP contribution is -1.96. The largest absolute Gasteiger partial charge is 0.346 e. The standard InChI is InChI=1S/C19H13F2N3/c20-17-4-1-5-18(21)16(17)8-14-11-24-19-15(14)7-13(10-23-19)12-3-2-6-22-9-12/h1-7,9-11H,8H2,(H,23,24). The maximum absolute atomic E-state index is 13.9. The molecule has 1 N–H and O–H groups in total. The number of hydrogen-bond acceptors (Lipinski definition) is 2. The first-order chi connectivity index (χ1) is 11.7. The van der Waals surface area contributed by atoms with Crippen molar-refractivity contribution < 1.29 is 8.78 Å². The highest BCUT2D eigenvalue weighted by molar-refractivity contribution is 5.84. The number of benzene rings is 1. The van der Waals surface area contributed by atoms with Crippen molar-refractivity contribution in [2.24, 2.45) is 0 Å². The normalized spacial score (nSPS) is 11.1. The summed E-state index contributed by atoms with van der Waals surface area (Å²) in [4.78, 5) is 11.6. The van der Waals surface area contributed by atoms with Crippen LogP contribution < -0.4 is 0 Å². The van der Waals surface area contributed by atoms with Gasteiger partial charge in [0.15, 0.2) is 0 Å². The Morgan fingerprint density at radius 2 is 1.79 bits per heavy atom. The van der Waals surface area contributed by atoms with E-state index in [2.05, 4.69) is 15.0 Å². The van der Waals surface area contributed by atoms with Gasteiger partial charge in [-0.3, -0.25) is 4.98 Å². The molecule has 4 aromatic rings. The molecule has 5 heteroatoms. The summed E-state index contributed by atoms with van der Waals surface area (Å²) in [5.74, 6) is -1.08. The summed E-state index contributed by atoms with van der Waals surface area (Å²) in [6.45, 7) is 0. The molecular formula is C19H13F2N3. The smallest absolute Gasteiger partial charge is 0.137 e.